The topological polar surface area (TPSA) is 37.3 Å². The molecule has 16 heavy (non-hydrogen) atoms. The van der Waals surface area contributed by atoms with Gasteiger partial charge in [-0.05, 0) is 30.5 Å². The number of carbonyl (C=O) groups is 1. The molecule has 0 radical (unpaired) electrons. The van der Waals surface area contributed by atoms with Crippen LogP contribution >= 0.6 is 11.8 Å². The maximum absolute atomic E-state index is 10.4. The number of benzene rings is 1. The van der Waals surface area contributed by atoms with Gasteiger partial charge in [0.25, 0.3) is 0 Å². The van der Waals surface area contributed by atoms with Gasteiger partial charge in [-0.2, -0.15) is 0 Å². The maximum atomic E-state index is 10.4. The number of rotatable bonds is 6. The maximum Gasteiger partial charge on any atom is 0.303 e. The summed E-state index contributed by atoms with van der Waals surface area (Å²) in [6.45, 7) is 4.34. The Morgan fingerprint density at radius 3 is 2.44 bits per heavy atom. The van der Waals surface area contributed by atoms with E-state index in [-0.39, 0.29) is 6.42 Å². The van der Waals surface area contributed by atoms with Crippen LogP contribution in [0.5, 0.6) is 0 Å². The molecule has 0 heterocycles. The van der Waals surface area contributed by atoms with Crippen molar-refractivity contribution in [3.8, 4) is 0 Å². The van der Waals surface area contributed by atoms with Crippen LogP contribution < -0.4 is 0 Å². The van der Waals surface area contributed by atoms with Crippen molar-refractivity contribution in [3.05, 3.63) is 29.8 Å². The molecule has 0 unspecified atom stereocenters. The highest BCUT2D eigenvalue weighted by molar-refractivity contribution is 7.99. The molecule has 0 aliphatic heterocycles. The largest absolute Gasteiger partial charge is 0.481 e. The van der Waals surface area contributed by atoms with Crippen LogP contribution in [0.3, 0.4) is 0 Å². The lowest BCUT2D eigenvalue weighted by Gasteiger charge is -2.05. The molecule has 0 saturated carbocycles. The Morgan fingerprint density at radius 1 is 1.31 bits per heavy atom. The van der Waals surface area contributed by atoms with Gasteiger partial charge in [-0.3, -0.25) is 4.79 Å². The average Bonchev–Trinajstić information content (AvgIpc) is 2.19. The molecule has 88 valence electrons. The van der Waals surface area contributed by atoms with Gasteiger partial charge in [0.15, 0.2) is 0 Å². The second-order valence-electron chi connectivity index (χ2n) is 4.06. The van der Waals surface area contributed by atoms with E-state index in [2.05, 4.69) is 38.1 Å². The summed E-state index contributed by atoms with van der Waals surface area (Å²) in [5, 5.41) is 9.13. The van der Waals surface area contributed by atoms with Gasteiger partial charge in [0, 0.05) is 16.6 Å². The highest BCUT2D eigenvalue weighted by Gasteiger charge is 2.00. The van der Waals surface area contributed by atoms with Crippen molar-refractivity contribution in [2.24, 2.45) is 0 Å². The van der Waals surface area contributed by atoms with Crippen molar-refractivity contribution in [3.63, 3.8) is 0 Å². The molecule has 0 amide bonds. The van der Waals surface area contributed by atoms with E-state index in [9.17, 15) is 4.79 Å². The summed E-state index contributed by atoms with van der Waals surface area (Å²) >= 11 is 1.84. The summed E-state index contributed by atoms with van der Waals surface area (Å²) in [5.74, 6) is -0.716. The standard InChI is InChI=1S/C13H18O2S/c1-10(2)16-12-8-6-11(7-9-12)4-3-5-13(14)15/h6-10H,3-5H2,1-2H3,(H,14,15). The number of hydrogen-bond donors (Lipinski definition) is 1. The monoisotopic (exact) mass is 238 g/mol. The molecule has 0 aliphatic rings. The molecule has 1 aromatic rings. The SMILES string of the molecule is CC(C)Sc1ccc(CCCC(=O)O)cc1. The lowest BCUT2D eigenvalue weighted by atomic mass is 10.1. The predicted octanol–water partition coefficient (Wildman–Crippen LogP) is 3.59. The van der Waals surface area contributed by atoms with Gasteiger partial charge >= 0.3 is 5.97 Å². The molecule has 3 heteroatoms. The zero-order valence-electron chi connectivity index (χ0n) is 9.77. The number of carboxylic acid groups (broad SMARTS) is 1. The van der Waals surface area contributed by atoms with E-state index in [0.29, 0.717) is 11.7 Å². The molecule has 1 aromatic carbocycles. The van der Waals surface area contributed by atoms with Crippen LogP contribution in [0.25, 0.3) is 0 Å². The number of aryl methyl sites for hydroxylation is 1. The van der Waals surface area contributed by atoms with E-state index >= 15 is 0 Å². The zero-order chi connectivity index (χ0) is 12.0. The second-order valence-corrected chi connectivity index (χ2v) is 5.71. The van der Waals surface area contributed by atoms with Crippen LogP contribution in [0, 0.1) is 0 Å². The zero-order valence-corrected chi connectivity index (χ0v) is 10.6. The Morgan fingerprint density at radius 2 is 1.94 bits per heavy atom. The van der Waals surface area contributed by atoms with Gasteiger partial charge in [0.05, 0.1) is 0 Å². The van der Waals surface area contributed by atoms with Crippen LogP contribution in [0.4, 0.5) is 0 Å². The summed E-state index contributed by atoms with van der Waals surface area (Å²) in [4.78, 5) is 11.6. The minimum atomic E-state index is -0.716. The molecular formula is C13H18O2S. The summed E-state index contributed by atoms with van der Waals surface area (Å²) in [6.07, 6.45) is 1.81. The molecule has 0 aromatic heterocycles. The quantitative estimate of drug-likeness (QED) is 0.769. The molecular weight excluding hydrogens is 220 g/mol. The van der Waals surface area contributed by atoms with Crippen molar-refractivity contribution < 1.29 is 9.90 Å². The van der Waals surface area contributed by atoms with Crippen molar-refractivity contribution in [1.82, 2.24) is 0 Å². The van der Waals surface area contributed by atoms with E-state index in [1.165, 1.54) is 10.5 Å². The van der Waals surface area contributed by atoms with Gasteiger partial charge in [-0.15, -0.1) is 11.8 Å². The Balaban J connectivity index is 2.42. The van der Waals surface area contributed by atoms with Crippen molar-refractivity contribution >= 4 is 17.7 Å². The van der Waals surface area contributed by atoms with E-state index in [1.54, 1.807) is 0 Å². The Labute approximate surface area is 101 Å². The first-order chi connectivity index (χ1) is 7.58. The minimum absolute atomic E-state index is 0.252. The smallest absolute Gasteiger partial charge is 0.303 e. The normalized spacial score (nSPS) is 10.7. The number of carboxylic acids is 1. The number of hydrogen-bond acceptors (Lipinski definition) is 2. The minimum Gasteiger partial charge on any atom is -0.481 e. The number of aliphatic carboxylic acids is 1. The van der Waals surface area contributed by atoms with E-state index in [0.717, 1.165) is 6.42 Å². The molecule has 2 nitrogen and oxygen atoms in total. The van der Waals surface area contributed by atoms with Crippen LogP contribution in [-0.2, 0) is 11.2 Å². The van der Waals surface area contributed by atoms with Gasteiger partial charge in [0.2, 0.25) is 0 Å². The average molecular weight is 238 g/mol. The van der Waals surface area contributed by atoms with Gasteiger partial charge in [0.1, 0.15) is 0 Å². The van der Waals surface area contributed by atoms with Crippen molar-refractivity contribution in [2.75, 3.05) is 0 Å². The summed E-state index contributed by atoms with van der Waals surface area (Å²) in [7, 11) is 0. The third kappa shape index (κ3) is 5.21. The summed E-state index contributed by atoms with van der Waals surface area (Å²) in [5.41, 5.74) is 1.22. The van der Waals surface area contributed by atoms with E-state index < -0.39 is 5.97 Å². The highest BCUT2D eigenvalue weighted by Crippen LogP contribution is 2.23. The van der Waals surface area contributed by atoms with Crippen LogP contribution in [0.1, 0.15) is 32.3 Å². The second kappa shape index (κ2) is 6.59. The van der Waals surface area contributed by atoms with Gasteiger partial charge in [-0.25, -0.2) is 0 Å². The molecule has 0 aliphatic carbocycles. The van der Waals surface area contributed by atoms with Gasteiger partial charge in [-0.1, -0.05) is 26.0 Å². The molecule has 0 bridgehead atoms. The first-order valence-corrected chi connectivity index (χ1v) is 6.43. The van der Waals surface area contributed by atoms with Crippen LogP contribution in [-0.4, -0.2) is 16.3 Å². The molecule has 1 rings (SSSR count). The fourth-order valence-electron chi connectivity index (χ4n) is 1.45. The summed E-state index contributed by atoms with van der Waals surface area (Å²) < 4.78 is 0. The lowest BCUT2D eigenvalue weighted by molar-refractivity contribution is -0.137. The molecule has 1 N–H and O–H groups in total. The Hall–Kier alpha value is -0.960. The third-order valence-electron chi connectivity index (χ3n) is 2.15. The Kier molecular flexibility index (Phi) is 5.39. The molecule has 0 saturated heterocycles. The molecule has 0 atom stereocenters. The molecule has 0 spiro atoms. The lowest BCUT2D eigenvalue weighted by Crippen LogP contribution is -1.95. The Bertz CT molecular complexity index is 330. The third-order valence-corrected chi connectivity index (χ3v) is 3.17. The number of thioether (sulfide) groups is 1. The molecule has 0 fully saturated rings. The van der Waals surface area contributed by atoms with Gasteiger partial charge < -0.3 is 5.11 Å². The van der Waals surface area contributed by atoms with E-state index in [1.807, 2.05) is 11.8 Å². The van der Waals surface area contributed by atoms with Crippen LogP contribution in [0.2, 0.25) is 0 Å². The van der Waals surface area contributed by atoms with Crippen molar-refractivity contribution in [2.45, 2.75) is 43.3 Å². The van der Waals surface area contributed by atoms with Crippen LogP contribution in [0.15, 0.2) is 29.2 Å². The first kappa shape index (κ1) is 13.1. The highest BCUT2D eigenvalue weighted by atomic mass is 32.2. The first-order valence-electron chi connectivity index (χ1n) is 5.55. The fourth-order valence-corrected chi connectivity index (χ4v) is 2.29. The van der Waals surface area contributed by atoms with E-state index in [4.69, 9.17) is 5.11 Å². The summed E-state index contributed by atoms with van der Waals surface area (Å²) in [6, 6.07) is 8.40. The van der Waals surface area contributed by atoms with Crippen molar-refractivity contribution in [1.29, 1.82) is 0 Å². The fraction of sp³-hybridized carbons (Fsp3) is 0.462. The predicted molar refractivity (Wildman–Crippen MR) is 68.0 cm³/mol.